The molecule has 0 bridgehead atoms. The van der Waals surface area contributed by atoms with Gasteiger partial charge in [-0.2, -0.15) is 0 Å². The number of amides is 2. The summed E-state index contributed by atoms with van der Waals surface area (Å²) in [5, 5.41) is 2.84. The Bertz CT molecular complexity index is 575. The van der Waals surface area contributed by atoms with Crippen LogP contribution < -0.4 is 10.1 Å². The van der Waals surface area contributed by atoms with Gasteiger partial charge in [0.1, 0.15) is 5.75 Å². The maximum absolute atomic E-state index is 12.5. The van der Waals surface area contributed by atoms with E-state index < -0.39 is 5.41 Å². The molecule has 1 unspecified atom stereocenters. The fourth-order valence-corrected chi connectivity index (χ4v) is 2.93. The molecule has 0 aliphatic carbocycles. The van der Waals surface area contributed by atoms with Crippen molar-refractivity contribution < 1.29 is 14.3 Å². The highest BCUT2D eigenvalue weighted by molar-refractivity contribution is 5.82. The number of ether oxygens (including phenoxy) is 1. The molecule has 0 radical (unpaired) electrons. The first kappa shape index (κ1) is 18.3. The third-order valence-electron chi connectivity index (χ3n) is 4.38. The zero-order valence-corrected chi connectivity index (χ0v) is 15.1. The molecule has 132 valence electrons. The number of hydrogen-bond acceptors (Lipinski definition) is 3. The lowest BCUT2D eigenvalue weighted by Gasteiger charge is -2.26. The SMILES string of the molecule is COc1ccc(C2CCCN2C(=O)CCNC(=O)C(C)(C)C)cc1. The molecule has 1 fully saturated rings. The van der Waals surface area contributed by atoms with Crippen molar-refractivity contribution in [3.63, 3.8) is 0 Å². The lowest BCUT2D eigenvalue weighted by Crippen LogP contribution is -2.38. The Morgan fingerprint density at radius 3 is 2.50 bits per heavy atom. The molecule has 0 spiro atoms. The zero-order chi connectivity index (χ0) is 17.7. The summed E-state index contributed by atoms with van der Waals surface area (Å²) in [7, 11) is 1.65. The van der Waals surface area contributed by atoms with Crippen LogP contribution >= 0.6 is 0 Å². The third kappa shape index (κ3) is 4.49. The minimum Gasteiger partial charge on any atom is -0.497 e. The molecule has 1 atom stereocenters. The van der Waals surface area contributed by atoms with Crippen LogP contribution in [0.4, 0.5) is 0 Å². The van der Waals surface area contributed by atoms with Crippen LogP contribution in [0, 0.1) is 5.41 Å². The normalized spacial score (nSPS) is 17.7. The van der Waals surface area contributed by atoms with E-state index in [4.69, 9.17) is 4.74 Å². The highest BCUT2D eigenvalue weighted by atomic mass is 16.5. The summed E-state index contributed by atoms with van der Waals surface area (Å²) in [6, 6.07) is 8.04. The molecule has 1 aliphatic heterocycles. The van der Waals surface area contributed by atoms with Crippen molar-refractivity contribution in [2.45, 2.75) is 46.1 Å². The second-order valence-corrected chi connectivity index (χ2v) is 7.27. The summed E-state index contributed by atoms with van der Waals surface area (Å²) in [6.45, 7) is 6.77. The minimum absolute atomic E-state index is 0.0246. The van der Waals surface area contributed by atoms with Gasteiger partial charge in [0.05, 0.1) is 13.2 Å². The first-order valence-electron chi connectivity index (χ1n) is 8.54. The summed E-state index contributed by atoms with van der Waals surface area (Å²) < 4.78 is 5.19. The Labute approximate surface area is 144 Å². The van der Waals surface area contributed by atoms with Crippen molar-refractivity contribution in [1.29, 1.82) is 0 Å². The average Bonchev–Trinajstić information content (AvgIpc) is 3.03. The number of nitrogens with one attached hydrogen (secondary N) is 1. The topological polar surface area (TPSA) is 58.6 Å². The molecule has 1 aliphatic rings. The van der Waals surface area contributed by atoms with Gasteiger partial charge in [0.2, 0.25) is 11.8 Å². The second-order valence-electron chi connectivity index (χ2n) is 7.27. The Hall–Kier alpha value is -2.04. The first-order valence-corrected chi connectivity index (χ1v) is 8.54. The van der Waals surface area contributed by atoms with Crippen molar-refractivity contribution in [3.05, 3.63) is 29.8 Å². The summed E-state index contributed by atoms with van der Waals surface area (Å²) >= 11 is 0. The van der Waals surface area contributed by atoms with Gasteiger partial charge in [-0.05, 0) is 30.5 Å². The van der Waals surface area contributed by atoms with Crippen molar-refractivity contribution >= 4 is 11.8 Å². The number of carbonyl (C=O) groups is 2. The van der Waals surface area contributed by atoms with Crippen LogP contribution in [0.3, 0.4) is 0 Å². The number of methoxy groups -OCH3 is 1. The summed E-state index contributed by atoms with van der Waals surface area (Å²) in [5.74, 6) is 0.894. The van der Waals surface area contributed by atoms with Gasteiger partial charge in [0.25, 0.3) is 0 Å². The minimum atomic E-state index is -0.428. The van der Waals surface area contributed by atoms with E-state index in [0.717, 1.165) is 30.7 Å². The summed E-state index contributed by atoms with van der Waals surface area (Å²) in [4.78, 5) is 26.3. The number of benzene rings is 1. The molecule has 5 nitrogen and oxygen atoms in total. The van der Waals surface area contributed by atoms with Gasteiger partial charge in [-0.25, -0.2) is 0 Å². The molecule has 1 aromatic rings. The molecular formula is C19H28N2O3. The van der Waals surface area contributed by atoms with E-state index in [1.807, 2.05) is 49.9 Å². The first-order chi connectivity index (χ1) is 11.3. The van der Waals surface area contributed by atoms with E-state index in [2.05, 4.69) is 5.32 Å². The van der Waals surface area contributed by atoms with Crippen LogP contribution in [-0.4, -0.2) is 36.9 Å². The lowest BCUT2D eigenvalue weighted by molar-refractivity contribution is -0.132. The van der Waals surface area contributed by atoms with Gasteiger partial charge in [-0.3, -0.25) is 9.59 Å². The van der Waals surface area contributed by atoms with Gasteiger partial charge < -0.3 is 15.0 Å². The highest BCUT2D eigenvalue weighted by Crippen LogP contribution is 2.33. The third-order valence-corrected chi connectivity index (χ3v) is 4.38. The molecule has 2 rings (SSSR count). The van der Waals surface area contributed by atoms with Gasteiger partial charge in [0.15, 0.2) is 0 Å². The number of hydrogen-bond donors (Lipinski definition) is 1. The molecular weight excluding hydrogens is 304 g/mol. The monoisotopic (exact) mass is 332 g/mol. The van der Waals surface area contributed by atoms with E-state index in [1.54, 1.807) is 7.11 Å². The molecule has 1 N–H and O–H groups in total. The van der Waals surface area contributed by atoms with Gasteiger partial charge in [0, 0.05) is 24.9 Å². The number of rotatable bonds is 5. The van der Waals surface area contributed by atoms with Crippen LogP contribution in [0.2, 0.25) is 0 Å². The standard InChI is InChI=1S/C19H28N2O3/c1-19(2,3)18(23)20-12-11-17(22)21-13-5-6-16(21)14-7-9-15(24-4)10-8-14/h7-10,16H,5-6,11-13H2,1-4H3,(H,20,23). The Balaban J connectivity index is 1.92. The lowest BCUT2D eigenvalue weighted by atomic mass is 9.96. The molecule has 2 amide bonds. The fraction of sp³-hybridized carbons (Fsp3) is 0.579. The maximum Gasteiger partial charge on any atom is 0.225 e. The van der Waals surface area contributed by atoms with Crippen LogP contribution in [-0.2, 0) is 9.59 Å². The Morgan fingerprint density at radius 1 is 1.25 bits per heavy atom. The van der Waals surface area contributed by atoms with Crippen molar-refractivity contribution in [3.8, 4) is 5.75 Å². The van der Waals surface area contributed by atoms with E-state index >= 15 is 0 Å². The van der Waals surface area contributed by atoms with E-state index in [-0.39, 0.29) is 17.9 Å². The number of likely N-dealkylation sites (tertiary alicyclic amines) is 1. The number of carbonyl (C=O) groups excluding carboxylic acids is 2. The zero-order valence-electron chi connectivity index (χ0n) is 15.1. The van der Waals surface area contributed by atoms with E-state index in [0.29, 0.717) is 13.0 Å². The van der Waals surface area contributed by atoms with Crippen LogP contribution in [0.25, 0.3) is 0 Å². The average molecular weight is 332 g/mol. The molecule has 24 heavy (non-hydrogen) atoms. The van der Waals surface area contributed by atoms with Gasteiger partial charge >= 0.3 is 0 Å². The second kappa shape index (κ2) is 7.69. The quantitative estimate of drug-likeness (QED) is 0.902. The molecule has 1 saturated heterocycles. The molecule has 0 aromatic heterocycles. The predicted molar refractivity (Wildman–Crippen MR) is 93.8 cm³/mol. The highest BCUT2D eigenvalue weighted by Gasteiger charge is 2.29. The smallest absolute Gasteiger partial charge is 0.225 e. The fourth-order valence-electron chi connectivity index (χ4n) is 2.93. The Kier molecular flexibility index (Phi) is 5.86. The van der Waals surface area contributed by atoms with Gasteiger partial charge in [-0.15, -0.1) is 0 Å². The number of nitrogens with zero attached hydrogens (tertiary/aromatic N) is 1. The van der Waals surface area contributed by atoms with E-state index in [1.165, 1.54) is 0 Å². The van der Waals surface area contributed by atoms with Gasteiger partial charge in [-0.1, -0.05) is 32.9 Å². The van der Waals surface area contributed by atoms with Crippen molar-refractivity contribution in [2.24, 2.45) is 5.41 Å². The molecule has 5 heteroatoms. The molecule has 0 saturated carbocycles. The van der Waals surface area contributed by atoms with E-state index in [9.17, 15) is 9.59 Å². The maximum atomic E-state index is 12.5. The Morgan fingerprint density at radius 2 is 1.92 bits per heavy atom. The molecule has 1 heterocycles. The van der Waals surface area contributed by atoms with Crippen LogP contribution in [0.15, 0.2) is 24.3 Å². The van der Waals surface area contributed by atoms with Crippen LogP contribution in [0.1, 0.15) is 51.6 Å². The summed E-state index contributed by atoms with van der Waals surface area (Å²) in [6.07, 6.45) is 2.33. The predicted octanol–water partition coefficient (Wildman–Crippen LogP) is 2.91. The molecule has 1 aromatic carbocycles. The van der Waals surface area contributed by atoms with Crippen molar-refractivity contribution in [2.75, 3.05) is 20.2 Å². The summed E-state index contributed by atoms with van der Waals surface area (Å²) in [5.41, 5.74) is 0.711. The van der Waals surface area contributed by atoms with Crippen molar-refractivity contribution in [1.82, 2.24) is 10.2 Å². The largest absolute Gasteiger partial charge is 0.497 e. The van der Waals surface area contributed by atoms with Crippen LogP contribution in [0.5, 0.6) is 5.75 Å².